The summed E-state index contributed by atoms with van der Waals surface area (Å²) in [5.74, 6) is 0. The molecule has 1 fully saturated rings. The fourth-order valence-corrected chi connectivity index (χ4v) is 3.21. The zero-order chi connectivity index (χ0) is 12.8. The van der Waals surface area contributed by atoms with Crippen LogP contribution < -0.4 is 5.32 Å². The van der Waals surface area contributed by atoms with Gasteiger partial charge in [0.2, 0.25) is 0 Å². The third-order valence-electron chi connectivity index (χ3n) is 4.29. The molecule has 1 aliphatic rings. The minimum Gasteiger partial charge on any atom is -0.316 e. The van der Waals surface area contributed by atoms with Crippen molar-refractivity contribution in [2.24, 2.45) is 5.41 Å². The maximum atomic E-state index is 3.65. The summed E-state index contributed by atoms with van der Waals surface area (Å²) < 4.78 is 0. The molecule has 0 saturated heterocycles. The third-order valence-corrected chi connectivity index (χ3v) is 4.29. The molecular weight excluding hydrogens is 218 g/mol. The fourth-order valence-electron chi connectivity index (χ4n) is 3.21. The lowest BCUT2D eigenvalue weighted by atomic mass is 9.80. The van der Waals surface area contributed by atoms with E-state index >= 15 is 0 Å². The Morgan fingerprint density at radius 3 is 2.39 bits per heavy atom. The SMILES string of the molecule is CCCNCC1(Cc2ccc(C)cc2)CCCC1. The van der Waals surface area contributed by atoms with Crippen LogP contribution in [0.4, 0.5) is 0 Å². The molecule has 1 saturated carbocycles. The first-order valence-corrected chi connectivity index (χ1v) is 7.50. The lowest BCUT2D eigenvalue weighted by molar-refractivity contribution is 0.278. The second-order valence-corrected chi connectivity index (χ2v) is 6.05. The highest BCUT2D eigenvalue weighted by Gasteiger charge is 2.33. The summed E-state index contributed by atoms with van der Waals surface area (Å²) in [5, 5.41) is 3.65. The van der Waals surface area contributed by atoms with Gasteiger partial charge in [0, 0.05) is 6.54 Å². The molecule has 1 aromatic rings. The third kappa shape index (κ3) is 3.58. The van der Waals surface area contributed by atoms with E-state index < -0.39 is 0 Å². The zero-order valence-corrected chi connectivity index (χ0v) is 12.0. The van der Waals surface area contributed by atoms with Crippen LogP contribution >= 0.6 is 0 Å². The van der Waals surface area contributed by atoms with E-state index in [9.17, 15) is 0 Å². The van der Waals surface area contributed by atoms with E-state index in [2.05, 4.69) is 43.4 Å². The monoisotopic (exact) mass is 245 g/mol. The van der Waals surface area contributed by atoms with Crippen LogP contribution in [0.1, 0.15) is 50.2 Å². The minimum atomic E-state index is 0.532. The first-order chi connectivity index (χ1) is 8.74. The zero-order valence-electron chi connectivity index (χ0n) is 12.0. The van der Waals surface area contributed by atoms with Crippen molar-refractivity contribution in [2.75, 3.05) is 13.1 Å². The molecule has 1 heteroatoms. The normalized spacial score (nSPS) is 18.1. The van der Waals surface area contributed by atoms with E-state index in [4.69, 9.17) is 0 Å². The van der Waals surface area contributed by atoms with Gasteiger partial charge in [0.05, 0.1) is 0 Å². The molecule has 1 aliphatic carbocycles. The summed E-state index contributed by atoms with van der Waals surface area (Å²) in [6.45, 7) is 6.77. The van der Waals surface area contributed by atoms with Gasteiger partial charge in [-0.2, -0.15) is 0 Å². The van der Waals surface area contributed by atoms with E-state index in [1.165, 1.54) is 56.2 Å². The highest BCUT2D eigenvalue weighted by Crippen LogP contribution is 2.40. The Bertz CT molecular complexity index is 346. The van der Waals surface area contributed by atoms with Crippen molar-refractivity contribution < 1.29 is 0 Å². The molecule has 100 valence electrons. The average Bonchev–Trinajstić information content (AvgIpc) is 2.82. The predicted octanol–water partition coefficient (Wildman–Crippen LogP) is 4.10. The summed E-state index contributed by atoms with van der Waals surface area (Å²) in [7, 11) is 0. The molecule has 0 amide bonds. The lowest BCUT2D eigenvalue weighted by Crippen LogP contribution is -2.34. The Kier molecular flexibility index (Phi) is 4.82. The first-order valence-electron chi connectivity index (χ1n) is 7.50. The molecule has 0 aromatic heterocycles. The minimum absolute atomic E-state index is 0.532. The molecule has 1 aromatic carbocycles. The summed E-state index contributed by atoms with van der Waals surface area (Å²) in [5.41, 5.74) is 3.41. The van der Waals surface area contributed by atoms with Crippen molar-refractivity contribution in [1.29, 1.82) is 0 Å². The average molecular weight is 245 g/mol. The molecule has 18 heavy (non-hydrogen) atoms. The van der Waals surface area contributed by atoms with E-state index in [0.717, 1.165) is 6.54 Å². The molecule has 2 rings (SSSR count). The van der Waals surface area contributed by atoms with Crippen molar-refractivity contribution in [3.8, 4) is 0 Å². The molecule has 0 atom stereocenters. The Hall–Kier alpha value is -0.820. The first kappa shape index (κ1) is 13.6. The largest absolute Gasteiger partial charge is 0.316 e. The van der Waals surface area contributed by atoms with Crippen molar-refractivity contribution in [3.63, 3.8) is 0 Å². The summed E-state index contributed by atoms with van der Waals surface area (Å²) in [6, 6.07) is 9.12. The Morgan fingerprint density at radius 1 is 1.11 bits per heavy atom. The van der Waals surface area contributed by atoms with E-state index in [1.807, 2.05) is 0 Å². The topological polar surface area (TPSA) is 12.0 Å². The van der Waals surface area contributed by atoms with Crippen LogP contribution in [0.25, 0.3) is 0 Å². The molecule has 1 nitrogen and oxygen atoms in total. The van der Waals surface area contributed by atoms with Gasteiger partial charge in [-0.1, -0.05) is 49.6 Å². The molecule has 0 radical (unpaired) electrons. The summed E-state index contributed by atoms with van der Waals surface area (Å²) in [6.07, 6.45) is 8.12. The predicted molar refractivity (Wildman–Crippen MR) is 78.9 cm³/mol. The van der Waals surface area contributed by atoms with Gasteiger partial charge in [-0.15, -0.1) is 0 Å². The number of aryl methyl sites for hydroxylation is 1. The van der Waals surface area contributed by atoms with Crippen LogP contribution in [0.5, 0.6) is 0 Å². The van der Waals surface area contributed by atoms with Crippen LogP contribution in [-0.2, 0) is 6.42 Å². The Morgan fingerprint density at radius 2 is 1.78 bits per heavy atom. The van der Waals surface area contributed by atoms with Crippen LogP contribution in [0.3, 0.4) is 0 Å². The lowest BCUT2D eigenvalue weighted by Gasteiger charge is -2.29. The second kappa shape index (κ2) is 6.38. The molecule has 1 N–H and O–H groups in total. The van der Waals surface area contributed by atoms with Crippen LogP contribution in [0.15, 0.2) is 24.3 Å². The summed E-state index contributed by atoms with van der Waals surface area (Å²) >= 11 is 0. The number of hydrogen-bond acceptors (Lipinski definition) is 1. The number of benzene rings is 1. The van der Waals surface area contributed by atoms with Gasteiger partial charge >= 0.3 is 0 Å². The maximum absolute atomic E-state index is 3.65. The van der Waals surface area contributed by atoms with Crippen LogP contribution in [0, 0.1) is 12.3 Å². The van der Waals surface area contributed by atoms with Gasteiger partial charge < -0.3 is 5.32 Å². The van der Waals surface area contributed by atoms with E-state index in [0.29, 0.717) is 5.41 Å². The Labute approximate surface area is 112 Å². The molecule has 0 aliphatic heterocycles. The van der Waals surface area contributed by atoms with Crippen molar-refractivity contribution in [3.05, 3.63) is 35.4 Å². The second-order valence-electron chi connectivity index (χ2n) is 6.05. The number of rotatable bonds is 6. The molecule has 0 heterocycles. The van der Waals surface area contributed by atoms with E-state index in [-0.39, 0.29) is 0 Å². The summed E-state index contributed by atoms with van der Waals surface area (Å²) in [4.78, 5) is 0. The van der Waals surface area contributed by atoms with Gasteiger partial charge in [-0.3, -0.25) is 0 Å². The van der Waals surface area contributed by atoms with Gasteiger partial charge in [0.25, 0.3) is 0 Å². The van der Waals surface area contributed by atoms with Gasteiger partial charge in [-0.25, -0.2) is 0 Å². The highest BCUT2D eigenvalue weighted by atomic mass is 14.9. The number of nitrogens with one attached hydrogen (secondary N) is 1. The molecule has 0 bridgehead atoms. The van der Waals surface area contributed by atoms with Gasteiger partial charge in [0.1, 0.15) is 0 Å². The fraction of sp³-hybridized carbons (Fsp3) is 0.647. The van der Waals surface area contributed by atoms with Crippen LogP contribution in [-0.4, -0.2) is 13.1 Å². The molecular formula is C17H27N. The molecule has 0 spiro atoms. The van der Waals surface area contributed by atoms with Crippen molar-refractivity contribution in [1.82, 2.24) is 5.32 Å². The van der Waals surface area contributed by atoms with Crippen molar-refractivity contribution >= 4 is 0 Å². The van der Waals surface area contributed by atoms with E-state index in [1.54, 1.807) is 0 Å². The quantitative estimate of drug-likeness (QED) is 0.744. The number of hydrogen-bond donors (Lipinski definition) is 1. The van der Waals surface area contributed by atoms with Gasteiger partial charge in [0.15, 0.2) is 0 Å². The smallest absolute Gasteiger partial charge is 0.00110 e. The molecule has 0 unspecified atom stereocenters. The Balaban J connectivity index is 1.99. The van der Waals surface area contributed by atoms with Crippen LogP contribution in [0.2, 0.25) is 0 Å². The maximum Gasteiger partial charge on any atom is 0.00110 e. The van der Waals surface area contributed by atoms with Crippen molar-refractivity contribution in [2.45, 2.75) is 52.4 Å². The van der Waals surface area contributed by atoms with Gasteiger partial charge in [-0.05, 0) is 50.1 Å². The standard InChI is InChI=1S/C17H27N/c1-3-12-18-14-17(10-4-5-11-17)13-16-8-6-15(2)7-9-16/h6-9,18H,3-5,10-14H2,1-2H3. The highest BCUT2D eigenvalue weighted by molar-refractivity contribution is 5.22.